The van der Waals surface area contributed by atoms with Gasteiger partial charge in [0.1, 0.15) is 5.78 Å². The van der Waals surface area contributed by atoms with Crippen molar-refractivity contribution in [2.24, 2.45) is 27.6 Å². The molecule has 5 nitrogen and oxygen atoms in total. The Morgan fingerprint density at radius 3 is 2.06 bits per heavy atom. The Labute approximate surface area is 285 Å². The van der Waals surface area contributed by atoms with E-state index in [4.69, 9.17) is 9.47 Å². The molecule has 3 fully saturated rings. The number of benzene rings is 2. The molecule has 3 saturated carbocycles. The number of Topliss-reactive ketones (excluding diaryl/α,β-unsaturated/α-hetero) is 1. The quantitative estimate of drug-likeness (QED) is 0.181. The number of carbonyl (C=O) groups excluding carboxylic acids is 3. The van der Waals surface area contributed by atoms with Gasteiger partial charge in [-0.2, -0.15) is 0 Å². The van der Waals surface area contributed by atoms with Gasteiger partial charge in [-0.3, -0.25) is 14.4 Å². The summed E-state index contributed by atoms with van der Waals surface area (Å²) < 4.78 is 11.6. The second kappa shape index (κ2) is 11.4. The summed E-state index contributed by atoms with van der Waals surface area (Å²) in [5, 5.41) is -0.0298. The molecule has 0 saturated heterocycles. The number of thioether (sulfide) groups is 1. The van der Waals surface area contributed by atoms with Crippen molar-refractivity contribution >= 4 is 29.5 Å². The average molecular weight is 657 g/mol. The first-order chi connectivity index (χ1) is 21.9. The van der Waals surface area contributed by atoms with E-state index in [1.165, 1.54) is 29.9 Å². The predicted octanol–water partition coefficient (Wildman–Crippen LogP) is 10.2. The highest BCUT2D eigenvalue weighted by atomic mass is 32.2. The molecule has 6 rings (SSSR count). The minimum absolute atomic E-state index is 0.0183. The van der Waals surface area contributed by atoms with E-state index in [1.54, 1.807) is 6.92 Å². The van der Waals surface area contributed by atoms with Gasteiger partial charge in [0.25, 0.3) is 0 Å². The Hall–Kier alpha value is -2.86. The van der Waals surface area contributed by atoms with E-state index < -0.39 is 11.9 Å². The van der Waals surface area contributed by atoms with E-state index in [1.807, 2.05) is 24.8 Å². The third-order valence-corrected chi connectivity index (χ3v) is 14.8. The number of esters is 2. The summed E-state index contributed by atoms with van der Waals surface area (Å²) in [5.74, 6) is 0.515. The Kier molecular flexibility index (Phi) is 8.22. The molecule has 0 spiro atoms. The Morgan fingerprint density at radius 1 is 0.809 bits per heavy atom. The lowest BCUT2D eigenvalue weighted by Crippen LogP contribution is -2.62. The number of hydrogen-bond donors (Lipinski definition) is 0. The van der Waals surface area contributed by atoms with Gasteiger partial charge in [0.15, 0.2) is 11.5 Å². The summed E-state index contributed by atoms with van der Waals surface area (Å²) in [6.45, 7) is 20.8. The fourth-order valence-corrected chi connectivity index (χ4v) is 11.6. The fourth-order valence-electron chi connectivity index (χ4n) is 10.3. The molecule has 0 bridgehead atoms. The van der Waals surface area contributed by atoms with Gasteiger partial charge in [0, 0.05) is 35.1 Å². The van der Waals surface area contributed by atoms with Crippen LogP contribution in [0.5, 0.6) is 11.5 Å². The second-order valence-electron chi connectivity index (χ2n) is 16.5. The number of hydrogen-bond acceptors (Lipinski definition) is 6. The lowest BCUT2D eigenvalue weighted by atomic mass is 9.34. The predicted molar refractivity (Wildman–Crippen MR) is 188 cm³/mol. The van der Waals surface area contributed by atoms with Crippen molar-refractivity contribution in [2.45, 2.75) is 130 Å². The zero-order valence-corrected chi connectivity index (χ0v) is 30.8. The number of allylic oxidation sites excluding steroid dienone is 1. The summed E-state index contributed by atoms with van der Waals surface area (Å²) in [7, 11) is 0. The average Bonchev–Trinajstić information content (AvgIpc) is 2.99. The third kappa shape index (κ3) is 5.23. The molecule has 0 heterocycles. The Balaban J connectivity index is 1.56. The first-order valence-electron chi connectivity index (χ1n) is 17.4. The van der Waals surface area contributed by atoms with Crippen LogP contribution in [0, 0.1) is 41.4 Å². The molecule has 252 valence electrons. The van der Waals surface area contributed by atoms with Crippen molar-refractivity contribution < 1.29 is 23.9 Å². The lowest BCUT2D eigenvalue weighted by Gasteiger charge is -2.70. The zero-order valence-electron chi connectivity index (χ0n) is 30.0. The van der Waals surface area contributed by atoms with E-state index in [9.17, 15) is 14.4 Å². The van der Waals surface area contributed by atoms with Crippen LogP contribution in [0.15, 0.2) is 46.9 Å². The van der Waals surface area contributed by atoms with Crippen LogP contribution in [0.1, 0.15) is 128 Å². The van der Waals surface area contributed by atoms with Gasteiger partial charge in [-0.15, -0.1) is 11.8 Å². The Morgan fingerprint density at radius 2 is 1.45 bits per heavy atom. The summed E-state index contributed by atoms with van der Waals surface area (Å²) >= 11 is 1.83. The van der Waals surface area contributed by atoms with Crippen LogP contribution in [0.2, 0.25) is 0 Å². The maximum Gasteiger partial charge on any atom is 0.308 e. The number of ketones is 1. The highest BCUT2D eigenvalue weighted by Crippen LogP contribution is 2.75. The van der Waals surface area contributed by atoms with Gasteiger partial charge >= 0.3 is 11.9 Å². The van der Waals surface area contributed by atoms with Crippen molar-refractivity contribution in [3.05, 3.63) is 64.2 Å². The van der Waals surface area contributed by atoms with Gasteiger partial charge in [-0.05, 0) is 117 Å². The van der Waals surface area contributed by atoms with E-state index in [0.717, 1.165) is 61.6 Å². The molecule has 0 aliphatic heterocycles. The van der Waals surface area contributed by atoms with E-state index >= 15 is 0 Å². The topological polar surface area (TPSA) is 69.7 Å². The summed E-state index contributed by atoms with van der Waals surface area (Å²) in [4.78, 5) is 38.9. The maximum absolute atomic E-state index is 13.1. The van der Waals surface area contributed by atoms with Crippen LogP contribution in [0.4, 0.5) is 0 Å². The van der Waals surface area contributed by atoms with Crippen molar-refractivity contribution in [3.63, 3.8) is 0 Å². The number of carbonyl (C=O) groups is 3. The third-order valence-electron chi connectivity index (χ3n) is 13.7. The van der Waals surface area contributed by atoms with Crippen LogP contribution in [0.25, 0.3) is 0 Å². The minimum atomic E-state index is -0.446. The SMILES string of the molecule is CC(=O)Oc1cc2c(c(C)c1OC(C)=O)C(Sc1ccc(C)cc1)C=C1[C@@]2(C)CC[C@@]2(C)[C@@H]3C[C@](C)(C(C)=O)CC[C@]3(C)CC[C@]12C. The molecule has 0 radical (unpaired) electrons. The highest BCUT2D eigenvalue weighted by molar-refractivity contribution is 7.99. The number of aryl methyl sites for hydroxylation is 1. The summed E-state index contributed by atoms with van der Waals surface area (Å²) in [5.41, 5.74) is 5.42. The smallest absolute Gasteiger partial charge is 0.308 e. The van der Waals surface area contributed by atoms with Crippen LogP contribution in [-0.4, -0.2) is 17.7 Å². The molecule has 0 aromatic heterocycles. The van der Waals surface area contributed by atoms with Gasteiger partial charge in [0.05, 0.1) is 5.25 Å². The monoisotopic (exact) mass is 656 g/mol. The first-order valence-corrected chi connectivity index (χ1v) is 18.3. The van der Waals surface area contributed by atoms with Crippen molar-refractivity contribution in [3.8, 4) is 11.5 Å². The van der Waals surface area contributed by atoms with Gasteiger partial charge in [-0.1, -0.05) is 64.0 Å². The maximum atomic E-state index is 13.1. The molecule has 7 atom stereocenters. The Bertz CT molecular complexity index is 1690. The fraction of sp³-hybridized carbons (Fsp3) is 0.585. The minimum Gasteiger partial charge on any atom is -0.423 e. The highest BCUT2D eigenvalue weighted by Gasteiger charge is 2.67. The van der Waals surface area contributed by atoms with Crippen molar-refractivity contribution in [2.75, 3.05) is 0 Å². The van der Waals surface area contributed by atoms with Crippen LogP contribution in [-0.2, 0) is 19.8 Å². The number of ether oxygens (including phenoxy) is 2. The van der Waals surface area contributed by atoms with Gasteiger partial charge in [0.2, 0.25) is 0 Å². The molecule has 0 N–H and O–H groups in total. The molecular formula is C41H52O5S. The molecule has 4 aliphatic rings. The van der Waals surface area contributed by atoms with Crippen LogP contribution < -0.4 is 9.47 Å². The summed E-state index contributed by atoms with van der Waals surface area (Å²) in [6, 6.07) is 10.7. The van der Waals surface area contributed by atoms with Crippen LogP contribution in [0.3, 0.4) is 0 Å². The van der Waals surface area contributed by atoms with Gasteiger partial charge in [-0.25, -0.2) is 0 Å². The first kappa shape index (κ1) is 34.0. The molecule has 2 aromatic rings. The molecule has 2 aromatic carbocycles. The van der Waals surface area contributed by atoms with E-state index in [2.05, 4.69) is 71.9 Å². The molecule has 0 amide bonds. The molecule has 47 heavy (non-hydrogen) atoms. The standard InChI is InChI=1S/C41H52O5S/c1-24-11-13-29(14-12-24)47-32-22-33-39(8,30-21-31(45-27(4)43)36(46-28(5)44)25(2)35(30)32)18-20-41(10)34-23-38(7,26(3)42)16-15-37(34,6)17-19-40(33,41)9/h11-14,21-22,32,34H,15-20,23H2,1-10H3/t32?,34-,37-,38-,39+,40-,41+/m1/s1. The molecule has 4 aliphatic carbocycles. The summed E-state index contributed by atoms with van der Waals surface area (Å²) in [6.07, 6.45) is 9.85. The van der Waals surface area contributed by atoms with Gasteiger partial charge < -0.3 is 9.47 Å². The lowest BCUT2D eigenvalue weighted by molar-refractivity contribution is -0.165. The molecule has 1 unspecified atom stereocenters. The normalized spacial score (nSPS) is 35.7. The molecule has 6 heteroatoms. The largest absolute Gasteiger partial charge is 0.423 e. The molecular weight excluding hydrogens is 605 g/mol. The number of fused-ring (bicyclic) bond motifs is 7. The van der Waals surface area contributed by atoms with Crippen LogP contribution >= 0.6 is 11.8 Å². The van der Waals surface area contributed by atoms with Crippen molar-refractivity contribution in [1.29, 1.82) is 0 Å². The second-order valence-corrected chi connectivity index (χ2v) is 17.7. The van der Waals surface area contributed by atoms with E-state index in [0.29, 0.717) is 23.2 Å². The zero-order chi connectivity index (χ0) is 34.3. The van der Waals surface area contributed by atoms with E-state index in [-0.39, 0.29) is 32.3 Å². The van der Waals surface area contributed by atoms with Crippen molar-refractivity contribution in [1.82, 2.24) is 0 Å². The number of rotatable bonds is 5.